The maximum Gasteiger partial charge on any atom is 0.129 e. The predicted molar refractivity (Wildman–Crippen MR) is 62.5 cm³/mol. The van der Waals surface area contributed by atoms with Crippen LogP contribution >= 0.6 is 0 Å². The zero-order valence-electron chi connectivity index (χ0n) is 9.70. The van der Waals surface area contributed by atoms with E-state index in [4.69, 9.17) is 0 Å². The van der Waals surface area contributed by atoms with Gasteiger partial charge in [-0.05, 0) is 30.7 Å². The third-order valence-corrected chi connectivity index (χ3v) is 3.65. The molecular formula is C14H19FO. The van der Waals surface area contributed by atoms with Crippen LogP contribution in [0.25, 0.3) is 0 Å². The average Bonchev–Trinajstić information content (AvgIpc) is 2.29. The minimum atomic E-state index is -0.635. The number of benzene rings is 1. The number of rotatable bonds is 2. The number of hydrogen-bond donors (Lipinski definition) is 1. The van der Waals surface area contributed by atoms with Gasteiger partial charge in [0.05, 0.1) is 6.10 Å². The van der Waals surface area contributed by atoms with Gasteiger partial charge < -0.3 is 5.11 Å². The molecule has 0 radical (unpaired) electrons. The van der Waals surface area contributed by atoms with Crippen molar-refractivity contribution < 1.29 is 9.50 Å². The maximum atomic E-state index is 13.5. The van der Waals surface area contributed by atoms with E-state index in [2.05, 4.69) is 6.92 Å². The Kier molecular flexibility index (Phi) is 3.59. The van der Waals surface area contributed by atoms with E-state index in [1.165, 1.54) is 12.5 Å². The van der Waals surface area contributed by atoms with Crippen molar-refractivity contribution in [2.45, 2.75) is 38.7 Å². The number of halogens is 1. The van der Waals surface area contributed by atoms with Gasteiger partial charge in [0.1, 0.15) is 5.82 Å². The van der Waals surface area contributed by atoms with Gasteiger partial charge in [-0.3, -0.25) is 0 Å². The van der Waals surface area contributed by atoms with E-state index in [0.29, 0.717) is 11.5 Å². The fourth-order valence-corrected chi connectivity index (χ4v) is 2.74. The molecule has 3 atom stereocenters. The van der Waals surface area contributed by atoms with Gasteiger partial charge in [-0.1, -0.05) is 38.0 Å². The van der Waals surface area contributed by atoms with Gasteiger partial charge in [0.25, 0.3) is 0 Å². The fraction of sp³-hybridized carbons (Fsp3) is 0.571. The Balaban J connectivity index is 2.12. The van der Waals surface area contributed by atoms with Crippen LogP contribution in [0.1, 0.15) is 44.3 Å². The van der Waals surface area contributed by atoms with Gasteiger partial charge in [0, 0.05) is 5.56 Å². The third kappa shape index (κ3) is 2.43. The Bertz CT molecular complexity index is 350. The monoisotopic (exact) mass is 222 g/mol. The molecule has 1 aromatic rings. The van der Waals surface area contributed by atoms with E-state index in [9.17, 15) is 9.50 Å². The summed E-state index contributed by atoms with van der Waals surface area (Å²) in [5.74, 6) is 0.592. The highest BCUT2D eigenvalue weighted by Crippen LogP contribution is 2.37. The van der Waals surface area contributed by atoms with Crippen LogP contribution in [0.15, 0.2) is 24.3 Å². The molecule has 0 saturated heterocycles. The van der Waals surface area contributed by atoms with Gasteiger partial charge in [-0.2, -0.15) is 0 Å². The summed E-state index contributed by atoms with van der Waals surface area (Å²) in [4.78, 5) is 0. The Morgan fingerprint density at radius 3 is 2.75 bits per heavy atom. The lowest BCUT2D eigenvalue weighted by molar-refractivity contribution is 0.0685. The van der Waals surface area contributed by atoms with Crippen LogP contribution < -0.4 is 0 Å². The highest BCUT2D eigenvalue weighted by Gasteiger charge is 2.27. The second kappa shape index (κ2) is 4.96. The number of hydrogen-bond acceptors (Lipinski definition) is 1. The van der Waals surface area contributed by atoms with E-state index >= 15 is 0 Å². The van der Waals surface area contributed by atoms with Crippen molar-refractivity contribution in [2.75, 3.05) is 0 Å². The molecule has 0 bridgehead atoms. The first-order chi connectivity index (χ1) is 7.68. The molecule has 0 aromatic heterocycles. The minimum Gasteiger partial charge on any atom is -0.388 e. The molecule has 1 fully saturated rings. The van der Waals surface area contributed by atoms with Crippen molar-refractivity contribution in [3.8, 4) is 0 Å². The molecule has 1 N–H and O–H groups in total. The fourth-order valence-electron chi connectivity index (χ4n) is 2.74. The third-order valence-electron chi connectivity index (χ3n) is 3.65. The second-order valence-electron chi connectivity index (χ2n) is 5.00. The van der Waals surface area contributed by atoms with Crippen LogP contribution in [0.3, 0.4) is 0 Å². The van der Waals surface area contributed by atoms with Crippen molar-refractivity contribution >= 4 is 0 Å². The molecule has 2 rings (SSSR count). The molecule has 3 unspecified atom stereocenters. The van der Waals surface area contributed by atoms with Crippen LogP contribution in [-0.2, 0) is 0 Å². The van der Waals surface area contributed by atoms with E-state index in [-0.39, 0.29) is 11.7 Å². The smallest absolute Gasteiger partial charge is 0.129 e. The SMILES string of the molecule is CC1CCCC(C(O)c2ccccc2F)C1. The Labute approximate surface area is 96.3 Å². The van der Waals surface area contributed by atoms with Crippen molar-refractivity contribution in [1.29, 1.82) is 0 Å². The largest absolute Gasteiger partial charge is 0.388 e. The minimum absolute atomic E-state index is 0.223. The molecule has 1 aliphatic rings. The number of aliphatic hydroxyl groups excluding tert-OH is 1. The summed E-state index contributed by atoms with van der Waals surface area (Å²) < 4.78 is 13.5. The molecule has 1 nitrogen and oxygen atoms in total. The summed E-state index contributed by atoms with van der Waals surface area (Å²) in [6.45, 7) is 2.21. The van der Waals surface area contributed by atoms with E-state index in [0.717, 1.165) is 19.3 Å². The van der Waals surface area contributed by atoms with Gasteiger partial charge in [-0.25, -0.2) is 4.39 Å². The van der Waals surface area contributed by atoms with Crippen molar-refractivity contribution in [3.63, 3.8) is 0 Å². The lowest BCUT2D eigenvalue weighted by atomic mass is 9.78. The molecule has 1 saturated carbocycles. The summed E-state index contributed by atoms with van der Waals surface area (Å²) in [5.41, 5.74) is 0.460. The van der Waals surface area contributed by atoms with E-state index < -0.39 is 6.10 Å². The summed E-state index contributed by atoms with van der Waals surface area (Å²) in [7, 11) is 0. The van der Waals surface area contributed by atoms with Crippen LogP contribution in [0.2, 0.25) is 0 Å². The highest BCUT2D eigenvalue weighted by molar-refractivity contribution is 5.20. The van der Waals surface area contributed by atoms with Crippen LogP contribution in [0.4, 0.5) is 4.39 Å². The summed E-state index contributed by atoms with van der Waals surface area (Å²) in [6.07, 6.45) is 3.77. The first-order valence-electron chi connectivity index (χ1n) is 6.11. The van der Waals surface area contributed by atoms with Gasteiger partial charge in [0.15, 0.2) is 0 Å². The van der Waals surface area contributed by atoms with Gasteiger partial charge in [-0.15, -0.1) is 0 Å². The maximum absolute atomic E-state index is 13.5. The topological polar surface area (TPSA) is 20.2 Å². The predicted octanol–water partition coefficient (Wildman–Crippen LogP) is 3.69. The summed E-state index contributed by atoms with van der Waals surface area (Å²) in [5, 5.41) is 10.2. The molecule has 0 amide bonds. The first kappa shape index (κ1) is 11.6. The molecule has 88 valence electrons. The van der Waals surface area contributed by atoms with Crippen molar-refractivity contribution in [1.82, 2.24) is 0 Å². The van der Waals surface area contributed by atoms with Crippen LogP contribution in [0, 0.1) is 17.7 Å². The first-order valence-corrected chi connectivity index (χ1v) is 6.11. The van der Waals surface area contributed by atoms with E-state index in [1.807, 2.05) is 0 Å². The zero-order chi connectivity index (χ0) is 11.5. The lowest BCUT2D eigenvalue weighted by Gasteiger charge is -2.30. The molecule has 0 heterocycles. The molecule has 16 heavy (non-hydrogen) atoms. The summed E-state index contributed by atoms with van der Waals surface area (Å²) in [6, 6.07) is 6.56. The van der Waals surface area contributed by atoms with Crippen molar-refractivity contribution in [2.24, 2.45) is 11.8 Å². The lowest BCUT2D eigenvalue weighted by Crippen LogP contribution is -2.20. The summed E-state index contributed by atoms with van der Waals surface area (Å²) >= 11 is 0. The normalized spacial score (nSPS) is 27.7. The van der Waals surface area contributed by atoms with Gasteiger partial charge >= 0.3 is 0 Å². The Hall–Kier alpha value is -0.890. The van der Waals surface area contributed by atoms with Gasteiger partial charge in [0.2, 0.25) is 0 Å². The van der Waals surface area contributed by atoms with Crippen LogP contribution in [-0.4, -0.2) is 5.11 Å². The molecular weight excluding hydrogens is 203 g/mol. The standard InChI is InChI=1S/C14H19FO/c1-10-5-4-6-11(9-10)14(16)12-7-2-3-8-13(12)15/h2-3,7-8,10-11,14,16H,4-6,9H2,1H3. The molecule has 1 aromatic carbocycles. The second-order valence-corrected chi connectivity index (χ2v) is 5.00. The highest BCUT2D eigenvalue weighted by atomic mass is 19.1. The van der Waals surface area contributed by atoms with Crippen molar-refractivity contribution in [3.05, 3.63) is 35.6 Å². The van der Waals surface area contributed by atoms with E-state index in [1.54, 1.807) is 18.2 Å². The Morgan fingerprint density at radius 1 is 1.31 bits per heavy atom. The molecule has 0 spiro atoms. The zero-order valence-corrected chi connectivity index (χ0v) is 9.70. The Morgan fingerprint density at radius 2 is 2.06 bits per heavy atom. The molecule has 1 aliphatic carbocycles. The average molecular weight is 222 g/mol. The number of aliphatic hydroxyl groups is 1. The molecule has 0 aliphatic heterocycles. The van der Waals surface area contributed by atoms with Crippen LogP contribution in [0.5, 0.6) is 0 Å². The quantitative estimate of drug-likeness (QED) is 0.809. The molecule has 2 heteroatoms.